The van der Waals surface area contributed by atoms with E-state index in [1.54, 1.807) is 12.1 Å². The lowest BCUT2D eigenvalue weighted by Gasteiger charge is -2.12. The minimum absolute atomic E-state index is 0.278. The van der Waals surface area contributed by atoms with Crippen molar-refractivity contribution in [1.82, 2.24) is 9.55 Å². The Hall–Kier alpha value is -1.84. The summed E-state index contributed by atoms with van der Waals surface area (Å²) < 4.78 is 2.13. The Morgan fingerprint density at radius 3 is 2.72 bits per heavy atom. The van der Waals surface area contributed by atoms with Gasteiger partial charge >= 0.3 is 5.97 Å². The fourth-order valence-electron chi connectivity index (χ4n) is 2.31. The molecule has 1 heterocycles. The molecule has 0 bridgehead atoms. The molecular formula is C14H18N2O2. The number of nitrogens with zero attached hydrogens (tertiary/aromatic N) is 2. The van der Waals surface area contributed by atoms with Gasteiger partial charge in [-0.1, -0.05) is 13.0 Å². The van der Waals surface area contributed by atoms with Gasteiger partial charge in [0.2, 0.25) is 0 Å². The van der Waals surface area contributed by atoms with Crippen LogP contribution in [0.25, 0.3) is 11.0 Å². The molecule has 1 aromatic heterocycles. The highest BCUT2D eigenvalue weighted by Crippen LogP contribution is 2.24. The van der Waals surface area contributed by atoms with Gasteiger partial charge in [-0.25, -0.2) is 9.78 Å². The number of benzene rings is 1. The number of carbonyl (C=O) groups is 1. The van der Waals surface area contributed by atoms with Crippen LogP contribution in [-0.4, -0.2) is 20.6 Å². The van der Waals surface area contributed by atoms with Crippen LogP contribution in [-0.2, 0) is 6.42 Å². The van der Waals surface area contributed by atoms with E-state index in [1.807, 2.05) is 6.07 Å². The van der Waals surface area contributed by atoms with Gasteiger partial charge in [-0.05, 0) is 32.4 Å². The van der Waals surface area contributed by atoms with Crippen molar-refractivity contribution in [2.75, 3.05) is 0 Å². The summed E-state index contributed by atoms with van der Waals surface area (Å²) in [5, 5.41) is 9.20. The maximum Gasteiger partial charge on any atom is 0.337 e. The summed E-state index contributed by atoms with van der Waals surface area (Å²) in [6.45, 7) is 6.28. The summed E-state index contributed by atoms with van der Waals surface area (Å²) in [6, 6.07) is 5.61. The normalized spacial score (nSPS) is 11.3. The summed E-state index contributed by atoms with van der Waals surface area (Å²) in [5.41, 5.74) is 1.79. The minimum atomic E-state index is -0.919. The third-order valence-electron chi connectivity index (χ3n) is 3.01. The maximum atomic E-state index is 11.2. The first-order valence-corrected chi connectivity index (χ1v) is 6.29. The standard InChI is InChI=1S/C14H18N2O2/c1-4-6-12-15-13-10(14(17)18)7-5-8-11(13)16(12)9(2)3/h5,7-9H,4,6H2,1-3H3,(H,17,18). The fraction of sp³-hybridized carbons (Fsp3) is 0.429. The van der Waals surface area contributed by atoms with Crippen molar-refractivity contribution in [1.29, 1.82) is 0 Å². The summed E-state index contributed by atoms with van der Waals surface area (Å²) >= 11 is 0. The van der Waals surface area contributed by atoms with E-state index in [9.17, 15) is 9.90 Å². The van der Waals surface area contributed by atoms with Gasteiger partial charge in [-0.2, -0.15) is 0 Å². The average molecular weight is 246 g/mol. The molecule has 0 fully saturated rings. The molecule has 0 atom stereocenters. The third-order valence-corrected chi connectivity index (χ3v) is 3.01. The Morgan fingerprint density at radius 2 is 2.17 bits per heavy atom. The highest BCUT2D eigenvalue weighted by Gasteiger charge is 2.17. The summed E-state index contributed by atoms with van der Waals surface area (Å²) in [6.07, 6.45) is 1.87. The molecule has 4 heteroatoms. The van der Waals surface area contributed by atoms with Crippen LogP contribution in [0.4, 0.5) is 0 Å². The SMILES string of the molecule is CCCc1nc2c(C(=O)O)cccc2n1C(C)C. The Morgan fingerprint density at radius 1 is 1.44 bits per heavy atom. The van der Waals surface area contributed by atoms with Crippen molar-refractivity contribution in [3.05, 3.63) is 29.6 Å². The zero-order valence-corrected chi connectivity index (χ0v) is 11.0. The first-order chi connectivity index (χ1) is 8.56. The van der Waals surface area contributed by atoms with Gasteiger partial charge in [-0.3, -0.25) is 0 Å². The molecule has 18 heavy (non-hydrogen) atoms. The molecule has 0 aliphatic carbocycles. The van der Waals surface area contributed by atoms with E-state index in [0.29, 0.717) is 5.52 Å². The number of rotatable bonds is 4. The minimum Gasteiger partial charge on any atom is -0.478 e. The van der Waals surface area contributed by atoms with Crippen LogP contribution in [0.3, 0.4) is 0 Å². The highest BCUT2D eigenvalue weighted by atomic mass is 16.4. The Bertz CT molecular complexity index is 585. The molecule has 2 aromatic rings. The maximum absolute atomic E-state index is 11.2. The molecule has 0 aliphatic heterocycles. The van der Waals surface area contributed by atoms with Crippen LogP contribution in [0, 0.1) is 0 Å². The molecule has 0 amide bonds. The second-order valence-corrected chi connectivity index (χ2v) is 4.72. The molecule has 0 unspecified atom stereocenters. The van der Waals surface area contributed by atoms with Crippen molar-refractivity contribution in [2.45, 2.75) is 39.7 Å². The van der Waals surface area contributed by atoms with Crippen LogP contribution < -0.4 is 0 Å². The van der Waals surface area contributed by atoms with Crippen LogP contribution in [0.2, 0.25) is 0 Å². The number of fused-ring (bicyclic) bond motifs is 1. The van der Waals surface area contributed by atoms with E-state index in [1.165, 1.54) is 0 Å². The summed E-state index contributed by atoms with van der Waals surface area (Å²) in [4.78, 5) is 15.7. The molecule has 0 aliphatic rings. The van der Waals surface area contributed by atoms with Crippen molar-refractivity contribution < 1.29 is 9.90 Å². The monoisotopic (exact) mass is 246 g/mol. The molecule has 0 spiro atoms. The number of aromatic carboxylic acids is 1. The van der Waals surface area contributed by atoms with E-state index in [2.05, 4.69) is 30.3 Å². The van der Waals surface area contributed by atoms with Crippen LogP contribution in [0.5, 0.6) is 0 Å². The lowest BCUT2D eigenvalue weighted by molar-refractivity contribution is 0.0699. The lowest BCUT2D eigenvalue weighted by atomic mass is 10.2. The molecule has 2 rings (SSSR count). The first-order valence-electron chi connectivity index (χ1n) is 6.29. The smallest absolute Gasteiger partial charge is 0.337 e. The number of aromatic nitrogens is 2. The molecule has 1 aromatic carbocycles. The van der Waals surface area contributed by atoms with Gasteiger partial charge < -0.3 is 9.67 Å². The Balaban J connectivity index is 2.75. The Labute approximate surface area is 106 Å². The van der Waals surface area contributed by atoms with Crippen molar-refractivity contribution in [2.24, 2.45) is 0 Å². The van der Waals surface area contributed by atoms with Gasteiger partial charge in [0.25, 0.3) is 0 Å². The second-order valence-electron chi connectivity index (χ2n) is 4.72. The molecule has 0 radical (unpaired) electrons. The first kappa shape index (κ1) is 12.6. The van der Waals surface area contributed by atoms with Gasteiger partial charge in [0.05, 0.1) is 11.1 Å². The molecule has 0 saturated carbocycles. The molecule has 0 saturated heterocycles. The van der Waals surface area contributed by atoms with E-state index in [-0.39, 0.29) is 11.6 Å². The lowest BCUT2D eigenvalue weighted by Crippen LogP contribution is -2.06. The van der Waals surface area contributed by atoms with E-state index in [0.717, 1.165) is 24.2 Å². The summed E-state index contributed by atoms with van der Waals surface area (Å²) in [5.74, 6) is 0.0493. The zero-order valence-electron chi connectivity index (χ0n) is 11.0. The van der Waals surface area contributed by atoms with Crippen LogP contribution in [0.1, 0.15) is 49.4 Å². The number of imidazole rings is 1. The van der Waals surface area contributed by atoms with E-state index < -0.39 is 5.97 Å². The predicted molar refractivity (Wildman–Crippen MR) is 71.1 cm³/mol. The van der Waals surface area contributed by atoms with Crippen molar-refractivity contribution >= 4 is 17.0 Å². The Kier molecular flexibility index (Phi) is 3.36. The van der Waals surface area contributed by atoms with E-state index in [4.69, 9.17) is 0 Å². The number of carboxylic acids is 1. The van der Waals surface area contributed by atoms with Gasteiger partial charge in [0, 0.05) is 12.5 Å². The molecule has 4 nitrogen and oxygen atoms in total. The van der Waals surface area contributed by atoms with E-state index >= 15 is 0 Å². The largest absolute Gasteiger partial charge is 0.478 e. The number of para-hydroxylation sites is 1. The summed E-state index contributed by atoms with van der Waals surface area (Å²) in [7, 11) is 0. The highest BCUT2D eigenvalue weighted by molar-refractivity contribution is 6.01. The van der Waals surface area contributed by atoms with Crippen molar-refractivity contribution in [3.63, 3.8) is 0 Å². The second kappa shape index (κ2) is 4.80. The number of carboxylic acid groups (broad SMARTS) is 1. The average Bonchev–Trinajstić information content (AvgIpc) is 2.66. The molecular weight excluding hydrogens is 228 g/mol. The third kappa shape index (κ3) is 1.98. The number of aryl methyl sites for hydroxylation is 1. The fourth-order valence-corrected chi connectivity index (χ4v) is 2.31. The molecule has 1 N–H and O–H groups in total. The van der Waals surface area contributed by atoms with Crippen LogP contribution in [0.15, 0.2) is 18.2 Å². The zero-order chi connectivity index (χ0) is 13.3. The number of hydrogen-bond acceptors (Lipinski definition) is 2. The quantitative estimate of drug-likeness (QED) is 0.900. The van der Waals surface area contributed by atoms with Crippen molar-refractivity contribution in [3.8, 4) is 0 Å². The topological polar surface area (TPSA) is 55.1 Å². The van der Waals surface area contributed by atoms with Gasteiger partial charge in [-0.15, -0.1) is 0 Å². The predicted octanol–water partition coefficient (Wildman–Crippen LogP) is 3.27. The number of hydrogen-bond donors (Lipinski definition) is 1. The van der Waals surface area contributed by atoms with Gasteiger partial charge in [0.15, 0.2) is 0 Å². The van der Waals surface area contributed by atoms with Crippen LogP contribution >= 0.6 is 0 Å². The van der Waals surface area contributed by atoms with Gasteiger partial charge in [0.1, 0.15) is 11.3 Å². The molecule has 96 valence electrons.